The van der Waals surface area contributed by atoms with Gasteiger partial charge in [-0.2, -0.15) is 13.2 Å². The van der Waals surface area contributed by atoms with Crippen LogP contribution in [0.3, 0.4) is 0 Å². The van der Waals surface area contributed by atoms with Gasteiger partial charge in [-0.25, -0.2) is 0 Å². The number of hydrogen-bond acceptors (Lipinski definition) is 4. The summed E-state index contributed by atoms with van der Waals surface area (Å²) in [6.07, 6.45) is -4.12. The van der Waals surface area contributed by atoms with Gasteiger partial charge in [-0.1, -0.05) is 30.3 Å². The van der Waals surface area contributed by atoms with Crippen LogP contribution in [0.25, 0.3) is 0 Å². The summed E-state index contributed by atoms with van der Waals surface area (Å²) >= 11 is 0. The number of amides is 1. The molecule has 2 aromatic rings. The quantitative estimate of drug-likeness (QED) is 0.570. The summed E-state index contributed by atoms with van der Waals surface area (Å²) in [4.78, 5) is 24.8. The van der Waals surface area contributed by atoms with Crippen LogP contribution in [0.4, 0.5) is 18.9 Å². The lowest BCUT2D eigenvalue weighted by atomic mass is 9.99. The summed E-state index contributed by atoms with van der Waals surface area (Å²) in [5.74, 6) is -0.470. The highest BCUT2D eigenvalue weighted by atomic mass is 19.4. The van der Waals surface area contributed by atoms with Crippen molar-refractivity contribution in [3.05, 3.63) is 74.8 Å². The van der Waals surface area contributed by atoms with Crippen molar-refractivity contribution in [2.75, 3.05) is 13.1 Å². The van der Waals surface area contributed by atoms with E-state index in [2.05, 4.69) is 22.3 Å². The van der Waals surface area contributed by atoms with Crippen LogP contribution in [0.15, 0.2) is 42.5 Å². The van der Waals surface area contributed by atoms with E-state index in [0.717, 1.165) is 31.6 Å². The molecule has 0 saturated heterocycles. The van der Waals surface area contributed by atoms with Crippen LogP contribution >= 0.6 is 0 Å². The average molecular weight is 421 g/mol. The number of nitrogens with zero attached hydrogens (tertiary/aromatic N) is 2. The number of fused-ring (bicyclic) bond motifs is 1. The number of rotatable bonds is 6. The summed E-state index contributed by atoms with van der Waals surface area (Å²) < 4.78 is 38.4. The van der Waals surface area contributed by atoms with E-state index in [1.54, 1.807) is 0 Å². The van der Waals surface area contributed by atoms with Crippen molar-refractivity contribution in [2.45, 2.75) is 38.5 Å². The highest BCUT2D eigenvalue weighted by Crippen LogP contribution is 2.33. The van der Waals surface area contributed by atoms with Crippen LogP contribution in [0, 0.1) is 10.1 Å². The Bertz CT molecular complexity index is 947. The van der Waals surface area contributed by atoms with Gasteiger partial charge in [0.15, 0.2) is 0 Å². The largest absolute Gasteiger partial charge is 0.416 e. The van der Waals surface area contributed by atoms with Crippen molar-refractivity contribution in [2.24, 2.45) is 0 Å². The Morgan fingerprint density at radius 1 is 1.23 bits per heavy atom. The van der Waals surface area contributed by atoms with Gasteiger partial charge in [-0.3, -0.25) is 19.8 Å². The van der Waals surface area contributed by atoms with E-state index < -0.39 is 28.3 Å². The van der Waals surface area contributed by atoms with E-state index in [4.69, 9.17) is 0 Å². The lowest BCUT2D eigenvalue weighted by Crippen LogP contribution is -2.44. The van der Waals surface area contributed by atoms with Gasteiger partial charge in [0, 0.05) is 37.3 Å². The van der Waals surface area contributed by atoms with Crippen LogP contribution in [0.1, 0.15) is 29.2 Å². The zero-order valence-corrected chi connectivity index (χ0v) is 16.4. The highest BCUT2D eigenvalue weighted by Gasteiger charge is 2.33. The second-order valence-electron chi connectivity index (χ2n) is 7.42. The number of carbonyl (C=O) groups excluding carboxylic acids is 1. The van der Waals surface area contributed by atoms with E-state index >= 15 is 0 Å². The van der Waals surface area contributed by atoms with Gasteiger partial charge < -0.3 is 5.32 Å². The fourth-order valence-corrected chi connectivity index (χ4v) is 3.58. The van der Waals surface area contributed by atoms with E-state index in [1.807, 2.05) is 19.1 Å². The number of nitro benzene ring substituents is 1. The molecule has 160 valence electrons. The summed E-state index contributed by atoms with van der Waals surface area (Å²) in [5, 5.41) is 13.9. The number of carbonyl (C=O) groups is 1. The van der Waals surface area contributed by atoms with E-state index in [1.165, 1.54) is 11.1 Å². The van der Waals surface area contributed by atoms with Crippen molar-refractivity contribution in [1.29, 1.82) is 0 Å². The molecule has 3 rings (SSSR count). The molecule has 9 heteroatoms. The molecule has 0 fully saturated rings. The van der Waals surface area contributed by atoms with Crippen LogP contribution in [0.5, 0.6) is 0 Å². The molecule has 0 spiro atoms. The Kier molecular flexibility index (Phi) is 6.40. The van der Waals surface area contributed by atoms with Gasteiger partial charge >= 0.3 is 6.18 Å². The molecule has 1 heterocycles. The minimum Gasteiger partial charge on any atom is -0.354 e. The molecule has 0 saturated carbocycles. The van der Waals surface area contributed by atoms with Gasteiger partial charge in [0.05, 0.1) is 16.9 Å². The fraction of sp³-hybridized carbons (Fsp3) is 0.381. The minimum absolute atomic E-state index is 0.0462. The average Bonchev–Trinajstić information content (AvgIpc) is 2.71. The zero-order chi connectivity index (χ0) is 21.9. The molecule has 6 nitrogen and oxygen atoms in total. The third kappa shape index (κ3) is 5.15. The standard InChI is InChI=1S/C21H22F3N3O3/c1-14(26-9-8-15-4-2-3-5-17(15)13-26)12-25-20(28)10-16-6-7-18(21(22,23)24)11-19(16)27(29)30/h2-7,11,14H,8-10,12-13H2,1H3,(H,25,28). The number of nitrogens with one attached hydrogen (secondary N) is 1. The van der Waals surface area contributed by atoms with Crippen LogP contribution in [-0.2, 0) is 30.4 Å². The number of alkyl halides is 3. The lowest BCUT2D eigenvalue weighted by Gasteiger charge is -2.33. The first kappa shape index (κ1) is 21.8. The predicted octanol–water partition coefficient (Wildman–Crippen LogP) is 3.72. The molecule has 0 aromatic heterocycles. The third-order valence-corrected chi connectivity index (χ3v) is 5.34. The maximum atomic E-state index is 12.8. The molecule has 0 radical (unpaired) electrons. The van der Waals surface area contributed by atoms with Crippen LogP contribution < -0.4 is 5.32 Å². The Balaban J connectivity index is 1.59. The highest BCUT2D eigenvalue weighted by molar-refractivity contribution is 5.79. The Morgan fingerprint density at radius 2 is 1.93 bits per heavy atom. The van der Waals surface area contributed by atoms with E-state index in [-0.39, 0.29) is 18.0 Å². The molecular weight excluding hydrogens is 399 g/mol. The molecule has 1 unspecified atom stereocenters. The smallest absolute Gasteiger partial charge is 0.354 e. The Labute approximate surface area is 171 Å². The first-order chi connectivity index (χ1) is 14.1. The first-order valence-electron chi connectivity index (χ1n) is 9.57. The maximum absolute atomic E-state index is 12.8. The molecule has 1 N–H and O–H groups in total. The minimum atomic E-state index is -4.69. The summed E-state index contributed by atoms with van der Waals surface area (Å²) in [5.41, 5.74) is 0.699. The first-order valence-corrected chi connectivity index (χ1v) is 9.57. The van der Waals surface area contributed by atoms with E-state index in [9.17, 15) is 28.1 Å². The monoisotopic (exact) mass is 421 g/mol. The van der Waals surface area contributed by atoms with Gasteiger partial charge in [-0.15, -0.1) is 0 Å². The maximum Gasteiger partial charge on any atom is 0.416 e. The van der Waals surface area contributed by atoms with Gasteiger partial charge in [0.1, 0.15) is 0 Å². The van der Waals surface area contributed by atoms with Gasteiger partial charge in [-0.05, 0) is 30.5 Å². The molecule has 1 amide bonds. The normalized spacial score (nSPS) is 15.3. The van der Waals surface area contributed by atoms with Gasteiger partial charge in [0.2, 0.25) is 5.91 Å². The molecule has 0 aliphatic carbocycles. The Morgan fingerprint density at radius 3 is 2.60 bits per heavy atom. The summed E-state index contributed by atoms with van der Waals surface area (Å²) in [6, 6.07) is 10.5. The third-order valence-electron chi connectivity index (χ3n) is 5.34. The summed E-state index contributed by atoms with van der Waals surface area (Å²) in [6.45, 7) is 3.96. The van der Waals surface area contributed by atoms with Crippen molar-refractivity contribution >= 4 is 11.6 Å². The van der Waals surface area contributed by atoms with Gasteiger partial charge in [0.25, 0.3) is 5.69 Å². The number of halogens is 3. The zero-order valence-electron chi connectivity index (χ0n) is 16.4. The molecular formula is C21H22F3N3O3. The van der Waals surface area contributed by atoms with E-state index in [0.29, 0.717) is 12.6 Å². The Hall–Kier alpha value is -2.94. The van der Waals surface area contributed by atoms with Crippen LogP contribution in [0.2, 0.25) is 0 Å². The number of benzene rings is 2. The number of nitro groups is 1. The van der Waals surface area contributed by atoms with Crippen LogP contribution in [-0.4, -0.2) is 34.9 Å². The fourth-order valence-electron chi connectivity index (χ4n) is 3.58. The summed E-state index contributed by atoms with van der Waals surface area (Å²) in [7, 11) is 0. The van der Waals surface area contributed by atoms with Crippen molar-refractivity contribution in [3.63, 3.8) is 0 Å². The predicted molar refractivity (Wildman–Crippen MR) is 105 cm³/mol. The molecule has 0 bridgehead atoms. The molecule has 2 aromatic carbocycles. The van der Waals surface area contributed by atoms with Crippen molar-refractivity contribution in [3.8, 4) is 0 Å². The SMILES string of the molecule is CC(CNC(=O)Cc1ccc(C(F)(F)F)cc1[N+](=O)[O-])N1CCc2ccccc2C1. The van der Waals surface area contributed by atoms with Crippen molar-refractivity contribution < 1.29 is 22.9 Å². The second kappa shape index (κ2) is 8.83. The lowest BCUT2D eigenvalue weighted by molar-refractivity contribution is -0.385. The number of hydrogen-bond donors (Lipinski definition) is 1. The molecule has 1 aliphatic rings. The molecule has 1 atom stereocenters. The molecule has 1 aliphatic heterocycles. The topological polar surface area (TPSA) is 75.5 Å². The molecule has 30 heavy (non-hydrogen) atoms. The second-order valence-corrected chi connectivity index (χ2v) is 7.42. The van der Waals surface area contributed by atoms with Crippen molar-refractivity contribution in [1.82, 2.24) is 10.2 Å².